The van der Waals surface area contributed by atoms with Gasteiger partial charge in [0.2, 0.25) is 17.7 Å². The lowest BCUT2D eigenvalue weighted by Crippen LogP contribution is -2.52. The SMILES string of the molecule is COc1cc(C(C)(C)CCCCCCN=[N+]=[N-])cc(OC)c1[C@H]1C=C(CNC(=O)CCCCCCNC(=O)c2ccc(S(=O)(=O)N(CC#N)C(=O)CCc3cn(CCOCCNC(=O)CCCC[C@@H]4SC[C@@H]5NC(=O)N[C@@H]54)nn3)cc2)[C@H]2C[C@@H]1C2(C)C. The van der Waals surface area contributed by atoms with Crippen LogP contribution in [0.15, 0.2) is 64.3 Å². The molecular weight excluding hydrogens is 1150 g/mol. The van der Waals surface area contributed by atoms with E-state index in [0.717, 1.165) is 99.0 Å². The predicted molar refractivity (Wildman–Crippen MR) is 331 cm³/mol. The van der Waals surface area contributed by atoms with Gasteiger partial charge in [-0.05, 0) is 115 Å². The number of urea groups is 1. The van der Waals surface area contributed by atoms with Gasteiger partial charge in [0.1, 0.15) is 18.0 Å². The molecule has 2 aliphatic heterocycles. The number of aryl methyl sites for hydroxylation is 1. The number of fused-ring (bicyclic) bond motifs is 2. The highest BCUT2D eigenvalue weighted by atomic mass is 32.2. The maximum Gasteiger partial charge on any atom is 0.315 e. The molecule has 2 saturated heterocycles. The summed E-state index contributed by atoms with van der Waals surface area (Å²) in [4.78, 5) is 66.0. The number of hydrogen-bond acceptors (Lipinski definition) is 15. The Bertz CT molecular complexity index is 3060. The van der Waals surface area contributed by atoms with Crippen LogP contribution in [-0.2, 0) is 47.5 Å². The summed E-state index contributed by atoms with van der Waals surface area (Å²) in [6.45, 7) is 11.2. The minimum absolute atomic E-state index is 0.00316. The lowest BCUT2D eigenvalue weighted by Gasteiger charge is -2.59. The van der Waals surface area contributed by atoms with Crippen LogP contribution in [0.25, 0.3) is 10.4 Å². The Morgan fingerprint density at radius 2 is 1.62 bits per heavy atom. The van der Waals surface area contributed by atoms with E-state index in [-0.39, 0.29) is 75.9 Å². The Morgan fingerprint density at radius 3 is 2.33 bits per heavy atom. The number of nitriles is 1. The number of carbonyl (C=O) groups is 5. The van der Waals surface area contributed by atoms with E-state index < -0.39 is 22.5 Å². The largest absolute Gasteiger partial charge is 0.496 e. The third-order valence-electron chi connectivity index (χ3n) is 17.7. The number of carbonyl (C=O) groups excluding carboxylic acids is 5. The van der Waals surface area contributed by atoms with Crippen LogP contribution in [0.2, 0.25) is 0 Å². The normalized spacial score (nSPS) is 19.9. The van der Waals surface area contributed by atoms with Crippen LogP contribution in [0, 0.1) is 28.6 Å². The first-order chi connectivity index (χ1) is 41.8. The summed E-state index contributed by atoms with van der Waals surface area (Å²) in [5.74, 6) is 2.15. The summed E-state index contributed by atoms with van der Waals surface area (Å²) >= 11 is 1.86. The van der Waals surface area contributed by atoms with E-state index in [2.05, 4.69) is 92.8 Å². The van der Waals surface area contributed by atoms with E-state index in [1.807, 2.05) is 11.8 Å². The molecule has 5 N–H and O–H groups in total. The highest BCUT2D eigenvalue weighted by molar-refractivity contribution is 8.00. The molecule has 3 aromatic rings. The van der Waals surface area contributed by atoms with E-state index >= 15 is 0 Å². The average molecular weight is 1240 g/mol. The summed E-state index contributed by atoms with van der Waals surface area (Å²) < 4.78 is 47.2. The summed E-state index contributed by atoms with van der Waals surface area (Å²) in [5.41, 5.74) is 12.6. The molecule has 0 unspecified atom stereocenters. The number of allylic oxidation sites excluding steroid dienone is 1. The molecule has 1 aromatic heterocycles. The van der Waals surface area contributed by atoms with Crippen molar-refractivity contribution >= 4 is 51.4 Å². The molecule has 474 valence electrons. The molecule has 6 amide bonds. The zero-order chi connectivity index (χ0) is 62.6. The Labute approximate surface area is 516 Å². The molecule has 2 aromatic carbocycles. The second-order valence-corrected chi connectivity index (χ2v) is 27.5. The fourth-order valence-electron chi connectivity index (χ4n) is 12.5. The number of methoxy groups -OCH3 is 2. The first kappa shape index (κ1) is 67.6. The molecule has 1 saturated carbocycles. The molecule has 25 heteroatoms. The quantitative estimate of drug-likeness (QED) is 0.00683. The van der Waals surface area contributed by atoms with Crippen molar-refractivity contribution in [1.29, 1.82) is 5.26 Å². The molecule has 5 aliphatic rings. The van der Waals surface area contributed by atoms with Crippen LogP contribution in [0.1, 0.15) is 164 Å². The van der Waals surface area contributed by atoms with Crippen molar-refractivity contribution in [2.45, 2.75) is 177 Å². The fraction of sp³-hybridized carbons (Fsp3) is 0.645. The second kappa shape index (κ2) is 32.4. The van der Waals surface area contributed by atoms with Crippen molar-refractivity contribution in [3.8, 4) is 17.6 Å². The number of aromatic nitrogens is 3. The summed E-state index contributed by atoms with van der Waals surface area (Å²) in [6, 6.07) is 11.6. The maximum absolute atomic E-state index is 13.6. The number of benzene rings is 2. The summed E-state index contributed by atoms with van der Waals surface area (Å²) in [5, 5.41) is 36.5. The van der Waals surface area contributed by atoms with Crippen LogP contribution >= 0.6 is 11.8 Å². The van der Waals surface area contributed by atoms with Crippen molar-refractivity contribution in [2.75, 3.05) is 65.9 Å². The van der Waals surface area contributed by atoms with Crippen molar-refractivity contribution in [3.63, 3.8) is 0 Å². The van der Waals surface area contributed by atoms with Crippen LogP contribution in [0.3, 0.4) is 0 Å². The van der Waals surface area contributed by atoms with Gasteiger partial charge in [-0.1, -0.05) is 88.2 Å². The Balaban J connectivity index is 0.762. The molecule has 2 bridgehead atoms. The fourth-order valence-corrected chi connectivity index (χ4v) is 15.4. The Morgan fingerprint density at radius 1 is 0.920 bits per heavy atom. The van der Waals surface area contributed by atoms with E-state index in [1.165, 1.54) is 34.5 Å². The zero-order valence-electron chi connectivity index (χ0n) is 51.4. The molecule has 0 spiro atoms. The van der Waals surface area contributed by atoms with Gasteiger partial charge >= 0.3 is 6.03 Å². The lowest BCUT2D eigenvalue weighted by atomic mass is 9.45. The van der Waals surface area contributed by atoms with Crippen molar-refractivity contribution < 1.29 is 46.6 Å². The second-order valence-electron chi connectivity index (χ2n) is 24.4. The molecule has 6 atom stereocenters. The van der Waals surface area contributed by atoms with Gasteiger partial charge in [0.25, 0.3) is 15.9 Å². The highest BCUT2D eigenvalue weighted by Crippen LogP contribution is 2.65. The van der Waals surface area contributed by atoms with Gasteiger partial charge in [-0.25, -0.2) is 22.2 Å². The van der Waals surface area contributed by atoms with Crippen molar-refractivity contribution in [3.05, 3.63) is 87.1 Å². The van der Waals surface area contributed by atoms with Crippen molar-refractivity contribution in [1.82, 2.24) is 45.9 Å². The number of hydrogen-bond donors (Lipinski definition) is 5. The van der Waals surface area contributed by atoms with E-state index in [4.69, 9.17) is 19.7 Å². The van der Waals surface area contributed by atoms with Crippen LogP contribution < -0.4 is 36.1 Å². The molecular formula is C62H89N13O10S2. The third kappa shape index (κ3) is 18.4. The topological polar surface area (TPSA) is 314 Å². The number of nitrogens with zero attached hydrogens (tertiary/aromatic N) is 8. The number of nitrogens with one attached hydrogen (secondary N) is 5. The molecule has 3 aliphatic carbocycles. The molecule has 3 heterocycles. The number of rotatable bonds is 38. The molecule has 23 nitrogen and oxygen atoms in total. The minimum Gasteiger partial charge on any atom is -0.496 e. The van der Waals surface area contributed by atoms with Gasteiger partial charge in [0.05, 0.1) is 62.7 Å². The number of unbranched alkanes of at least 4 members (excludes halogenated alkanes) is 7. The van der Waals surface area contributed by atoms with Crippen LogP contribution in [0.5, 0.6) is 11.5 Å². The van der Waals surface area contributed by atoms with Crippen LogP contribution in [0.4, 0.5) is 4.79 Å². The Kier molecular flexibility index (Phi) is 25.2. The monoisotopic (exact) mass is 1240 g/mol. The highest BCUT2D eigenvalue weighted by Gasteiger charge is 2.56. The van der Waals surface area contributed by atoms with Gasteiger partial charge < -0.3 is 40.8 Å². The first-order valence-electron chi connectivity index (χ1n) is 30.8. The standard InChI is InChI=1S/C62H89N13O10S2/c1-61(2,26-14-8-10-16-29-68-72-64)44-36-51(83-5)57(52(37-44)84-6)47-35-43(48-38-49(47)62(48,3)4)39-67-55(77)18-11-7-9-15-28-66-59(79)42-20-23-46(24-21-42)87(81,82)75(31-27-63)56(78)25-22-45-40-74(73-71-45)32-34-85-33-30-65-54(76)19-13-12-17-53-58-50(41-86-53)69-60(80)70-58/h20-21,23-24,35-37,40,47-50,53,58H,7-19,22,25-26,28-34,38-39,41H2,1-6H3,(H,65,76)(H,66,79)(H,67,77)(H2,69,70,80)/t47-,48+,49-,50-,53-,58-/m0/s1. The van der Waals surface area contributed by atoms with Gasteiger partial charge in [0, 0.05) is 91.0 Å². The maximum atomic E-state index is 13.6. The van der Waals surface area contributed by atoms with E-state index in [1.54, 1.807) is 26.5 Å². The number of amides is 6. The van der Waals surface area contributed by atoms with E-state index in [9.17, 15) is 37.7 Å². The predicted octanol–water partition coefficient (Wildman–Crippen LogP) is 8.55. The molecule has 87 heavy (non-hydrogen) atoms. The van der Waals surface area contributed by atoms with Gasteiger partial charge in [0.15, 0.2) is 0 Å². The number of azide groups is 1. The third-order valence-corrected chi connectivity index (χ3v) is 21.0. The number of ether oxygens (including phenoxy) is 3. The smallest absolute Gasteiger partial charge is 0.315 e. The molecule has 3 fully saturated rings. The van der Waals surface area contributed by atoms with Gasteiger partial charge in [-0.3, -0.25) is 19.2 Å². The van der Waals surface area contributed by atoms with Crippen molar-refractivity contribution in [2.24, 2.45) is 22.4 Å². The lowest BCUT2D eigenvalue weighted by molar-refractivity contribution is -0.126. The van der Waals surface area contributed by atoms with E-state index in [0.29, 0.717) is 98.7 Å². The van der Waals surface area contributed by atoms with Gasteiger partial charge in [-0.15, -0.1) is 5.10 Å². The average Bonchev–Trinajstić information content (AvgIpc) is 1.32. The van der Waals surface area contributed by atoms with Crippen LogP contribution in [-0.4, -0.2) is 141 Å². The number of sulfonamides is 1. The van der Waals surface area contributed by atoms with Gasteiger partial charge in [-0.2, -0.15) is 17.0 Å². The number of thioether (sulfide) groups is 1. The minimum atomic E-state index is -4.44. The first-order valence-corrected chi connectivity index (χ1v) is 33.3. The summed E-state index contributed by atoms with van der Waals surface area (Å²) in [7, 11) is -0.994. The molecule has 0 radical (unpaired) electrons. The Hall–Kier alpha value is -6.87. The molecule has 8 rings (SSSR count). The zero-order valence-corrected chi connectivity index (χ0v) is 53.1. The summed E-state index contributed by atoms with van der Waals surface area (Å²) in [6.07, 6.45) is 16.3.